The van der Waals surface area contributed by atoms with Gasteiger partial charge in [-0.2, -0.15) is 0 Å². The van der Waals surface area contributed by atoms with Crippen LogP contribution in [0.5, 0.6) is 0 Å². The van der Waals surface area contributed by atoms with Crippen LogP contribution in [0.2, 0.25) is 0 Å². The first-order chi connectivity index (χ1) is 25.4. The van der Waals surface area contributed by atoms with Crippen molar-refractivity contribution in [3.05, 3.63) is 189 Å². The fraction of sp³-hybridized carbons (Fsp3) is 0.0952. The highest BCUT2D eigenvalue weighted by atomic mass is 16.6. The topological polar surface area (TPSA) is 144 Å². The minimum absolute atomic E-state index is 0.280. The van der Waals surface area contributed by atoms with E-state index < -0.39 is 11.8 Å². The summed E-state index contributed by atoms with van der Waals surface area (Å²) in [5, 5.41) is 25.8. The molecule has 2 atom stereocenters. The highest BCUT2D eigenvalue weighted by molar-refractivity contribution is 5.95. The number of nitro groups is 2. The van der Waals surface area contributed by atoms with E-state index in [1.54, 1.807) is 18.5 Å². The molecule has 8 rings (SSSR count). The van der Waals surface area contributed by atoms with Crippen molar-refractivity contribution in [3.8, 4) is 33.6 Å². The molecular formula is C42H32N6O4. The standard InChI is InChI=1S/C42H32N6O4/c49-47(50)25-33(35-13-6-8-22-43-35)39-31-12-4-5-15-37(31)45-42(39)29-18-16-27(17-19-29)30-20-21-38-32(24-30)40(41(46-38)28-10-2-1-3-11-28)34(26-48(51)52)36-14-7-9-23-44-36/h1-24,33-34,45-46H,25-26H2/t33-,34?/m1/s1. The molecule has 4 heterocycles. The van der Waals surface area contributed by atoms with Gasteiger partial charge in [-0.15, -0.1) is 0 Å². The van der Waals surface area contributed by atoms with Crippen molar-refractivity contribution in [1.82, 2.24) is 19.9 Å². The Morgan fingerprint density at radius 3 is 1.56 bits per heavy atom. The van der Waals surface area contributed by atoms with Gasteiger partial charge in [0.2, 0.25) is 13.1 Å². The second kappa shape index (κ2) is 13.8. The van der Waals surface area contributed by atoms with Gasteiger partial charge in [-0.3, -0.25) is 30.2 Å². The summed E-state index contributed by atoms with van der Waals surface area (Å²) in [6, 6.07) is 42.9. The van der Waals surface area contributed by atoms with Gasteiger partial charge in [0.1, 0.15) is 0 Å². The van der Waals surface area contributed by atoms with Gasteiger partial charge in [-0.05, 0) is 64.7 Å². The number of aromatic amines is 2. The van der Waals surface area contributed by atoms with Crippen molar-refractivity contribution in [3.63, 3.8) is 0 Å². The van der Waals surface area contributed by atoms with E-state index in [0.29, 0.717) is 11.4 Å². The van der Waals surface area contributed by atoms with E-state index in [1.165, 1.54) is 0 Å². The maximum absolute atomic E-state index is 12.1. The van der Waals surface area contributed by atoms with E-state index in [1.807, 2.05) is 121 Å². The third-order valence-corrected chi connectivity index (χ3v) is 9.60. The van der Waals surface area contributed by atoms with Crippen LogP contribution in [0.15, 0.2) is 146 Å². The zero-order valence-corrected chi connectivity index (χ0v) is 27.8. The smallest absolute Gasteiger partial charge is 0.216 e. The number of fused-ring (bicyclic) bond motifs is 2. The van der Waals surface area contributed by atoms with Gasteiger partial charge >= 0.3 is 0 Å². The molecule has 254 valence electrons. The first-order valence-electron chi connectivity index (χ1n) is 16.9. The molecule has 4 aromatic carbocycles. The Morgan fingerprint density at radius 2 is 0.981 bits per heavy atom. The Balaban J connectivity index is 1.24. The quantitative estimate of drug-likeness (QED) is 0.103. The predicted molar refractivity (Wildman–Crippen MR) is 202 cm³/mol. The van der Waals surface area contributed by atoms with Crippen LogP contribution in [-0.4, -0.2) is 42.9 Å². The Hall–Kier alpha value is -6.94. The molecule has 0 amide bonds. The van der Waals surface area contributed by atoms with Crippen LogP contribution in [-0.2, 0) is 0 Å². The first kappa shape index (κ1) is 32.3. The molecule has 4 aromatic heterocycles. The van der Waals surface area contributed by atoms with Gasteiger partial charge in [0.05, 0.1) is 34.6 Å². The summed E-state index contributed by atoms with van der Waals surface area (Å²) in [5.41, 5.74) is 10.0. The van der Waals surface area contributed by atoms with Crippen molar-refractivity contribution in [2.45, 2.75) is 11.8 Å². The molecule has 10 nitrogen and oxygen atoms in total. The van der Waals surface area contributed by atoms with E-state index in [0.717, 1.165) is 66.6 Å². The maximum Gasteiger partial charge on any atom is 0.216 e. The molecule has 8 aromatic rings. The normalized spacial score (nSPS) is 12.5. The lowest BCUT2D eigenvalue weighted by atomic mass is 9.89. The monoisotopic (exact) mass is 684 g/mol. The lowest BCUT2D eigenvalue weighted by molar-refractivity contribution is -0.482. The van der Waals surface area contributed by atoms with Gasteiger partial charge in [-0.1, -0.05) is 91.0 Å². The molecule has 0 aliphatic heterocycles. The molecule has 0 aliphatic carbocycles. The van der Waals surface area contributed by atoms with E-state index >= 15 is 0 Å². The van der Waals surface area contributed by atoms with Crippen molar-refractivity contribution in [2.75, 3.05) is 13.1 Å². The predicted octanol–water partition coefficient (Wildman–Crippen LogP) is 9.26. The number of aromatic nitrogens is 4. The van der Waals surface area contributed by atoms with Crippen molar-refractivity contribution in [1.29, 1.82) is 0 Å². The third kappa shape index (κ3) is 6.18. The van der Waals surface area contributed by atoms with Crippen LogP contribution in [0.4, 0.5) is 0 Å². The van der Waals surface area contributed by atoms with Crippen LogP contribution in [0.1, 0.15) is 34.4 Å². The summed E-state index contributed by atoms with van der Waals surface area (Å²) in [6.45, 7) is -0.616. The number of rotatable bonds is 11. The number of para-hydroxylation sites is 1. The van der Waals surface area contributed by atoms with Crippen LogP contribution < -0.4 is 0 Å². The van der Waals surface area contributed by atoms with E-state index in [-0.39, 0.29) is 22.9 Å². The van der Waals surface area contributed by atoms with Crippen molar-refractivity contribution < 1.29 is 9.85 Å². The molecule has 0 bridgehead atoms. The van der Waals surface area contributed by atoms with Crippen LogP contribution in [0.3, 0.4) is 0 Å². The van der Waals surface area contributed by atoms with E-state index in [4.69, 9.17) is 0 Å². The second-order valence-corrected chi connectivity index (χ2v) is 12.7. The molecule has 2 N–H and O–H groups in total. The average Bonchev–Trinajstić information content (AvgIpc) is 3.76. The number of nitrogens with zero attached hydrogens (tertiary/aromatic N) is 4. The number of hydrogen-bond acceptors (Lipinski definition) is 6. The fourth-order valence-corrected chi connectivity index (χ4v) is 7.30. The molecule has 1 unspecified atom stereocenters. The lowest BCUT2D eigenvalue weighted by Gasteiger charge is -2.16. The van der Waals surface area contributed by atoms with Gasteiger partial charge in [-0.25, -0.2) is 0 Å². The van der Waals surface area contributed by atoms with Crippen LogP contribution in [0.25, 0.3) is 55.4 Å². The Kier molecular flexibility index (Phi) is 8.54. The molecule has 0 fully saturated rings. The Morgan fingerprint density at radius 1 is 0.500 bits per heavy atom. The van der Waals surface area contributed by atoms with Gasteiger partial charge in [0.25, 0.3) is 0 Å². The third-order valence-electron chi connectivity index (χ3n) is 9.60. The summed E-state index contributed by atoms with van der Waals surface area (Å²) < 4.78 is 0. The van der Waals surface area contributed by atoms with Crippen LogP contribution in [0, 0.1) is 20.2 Å². The SMILES string of the molecule is O=[N+]([O-])CC(c1ccccn1)c1c(-c2ccccc2)[nH]c2ccc(-c3ccc(-c4[nH]c5ccccc5c4[C@H](C[N+](=O)[O-])c4ccccn4)cc3)cc12. The van der Waals surface area contributed by atoms with Gasteiger partial charge in [0.15, 0.2) is 0 Å². The molecular weight excluding hydrogens is 653 g/mol. The summed E-state index contributed by atoms with van der Waals surface area (Å²) in [7, 11) is 0. The summed E-state index contributed by atoms with van der Waals surface area (Å²) in [6.07, 6.45) is 3.33. The fourth-order valence-electron chi connectivity index (χ4n) is 7.30. The average molecular weight is 685 g/mol. The van der Waals surface area contributed by atoms with Crippen molar-refractivity contribution >= 4 is 21.8 Å². The molecule has 0 saturated heterocycles. The molecule has 10 heteroatoms. The second-order valence-electron chi connectivity index (χ2n) is 12.7. The van der Waals surface area contributed by atoms with Crippen molar-refractivity contribution in [2.24, 2.45) is 0 Å². The highest BCUT2D eigenvalue weighted by Gasteiger charge is 2.30. The van der Waals surface area contributed by atoms with E-state index in [2.05, 4.69) is 26.0 Å². The Labute approximate surface area is 298 Å². The number of nitrogens with one attached hydrogen (secondary N) is 2. The summed E-state index contributed by atoms with van der Waals surface area (Å²) >= 11 is 0. The summed E-state index contributed by atoms with van der Waals surface area (Å²) in [4.78, 5) is 39.7. The summed E-state index contributed by atoms with van der Waals surface area (Å²) in [5.74, 6) is -1.16. The number of H-pyrrole nitrogens is 2. The lowest BCUT2D eigenvalue weighted by Crippen LogP contribution is -2.15. The number of hydrogen-bond donors (Lipinski definition) is 2. The highest BCUT2D eigenvalue weighted by Crippen LogP contribution is 2.42. The molecule has 0 radical (unpaired) electrons. The maximum atomic E-state index is 12.1. The zero-order valence-electron chi connectivity index (χ0n) is 27.8. The largest absolute Gasteiger partial charge is 0.354 e. The van der Waals surface area contributed by atoms with E-state index in [9.17, 15) is 20.2 Å². The minimum Gasteiger partial charge on any atom is -0.354 e. The number of pyridine rings is 2. The zero-order chi connectivity index (χ0) is 35.6. The Bertz CT molecular complexity index is 2530. The minimum atomic E-state index is -0.593. The molecule has 52 heavy (non-hydrogen) atoms. The van der Waals surface area contributed by atoms with Gasteiger partial charge in [0, 0.05) is 55.2 Å². The molecule has 0 saturated carbocycles. The molecule has 0 spiro atoms. The van der Waals surface area contributed by atoms with Crippen LogP contribution >= 0.6 is 0 Å². The first-order valence-corrected chi connectivity index (χ1v) is 16.9. The number of benzene rings is 4. The van der Waals surface area contributed by atoms with Gasteiger partial charge < -0.3 is 9.97 Å². The molecule has 0 aliphatic rings.